The highest BCUT2D eigenvalue weighted by atomic mass is 35.5. The Kier molecular flexibility index (Phi) is 6.72. The largest absolute Gasteiger partial charge is 0.481 e. The lowest BCUT2D eigenvalue weighted by Gasteiger charge is -2.34. The number of carbonyl (C=O) groups is 2. The molecule has 1 aliphatic heterocycles. The number of nitrogens with one attached hydrogen (secondary N) is 1. The van der Waals surface area contributed by atoms with Crippen LogP contribution in [0.1, 0.15) is 31.1 Å². The summed E-state index contributed by atoms with van der Waals surface area (Å²) in [7, 11) is 0. The Balaban J connectivity index is 1.66. The lowest BCUT2D eigenvalue weighted by molar-refractivity contribution is -0.143. The van der Waals surface area contributed by atoms with E-state index in [1.807, 2.05) is 19.1 Å². The quantitative estimate of drug-likeness (QED) is 0.765. The molecular weight excluding hydrogens is 336 g/mol. The van der Waals surface area contributed by atoms with Crippen LogP contribution in [0.2, 0.25) is 4.34 Å². The first-order chi connectivity index (χ1) is 11.0. The van der Waals surface area contributed by atoms with Crippen molar-refractivity contribution in [3.05, 3.63) is 21.3 Å². The predicted octanol–water partition coefficient (Wildman–Crippen LogP) is 3.48. The van der Waals surface area contributed by atoms with Crippen LogP contribution in [-0.4, -0.2) is 41.6 Å². The monoisotopic (exact) mass is 358 g/mol. The summed E-state index contributed by atoms with van der Waals surface area (Å²) in [6.45, 7) is 3.53. The number of carboxylic acid groups (broad SMARTS) is 1. The van der Waals surface area contributed by atoms with Crippen molar-refractivity contribution in [2.75, 3.05) is 19.6 Å². The molecule has 0 aliphatic carbocycles. The molecule has 5 nitrogen and oxygen atoms in total. The summed E-state index contributed by atoms with van der Waals surface area (Å²) in [5, 5.41) is 12.0. The van der Waals surface area contributed by atoms with Gasteiger partial charge in [-0.1, -0.05) is 18.5 Å². The second-order valence-electron chi connectivity index (χ2n) is 6.18. The Labute approximate surface area is 145 Å². The molecular formula is C16H23ClN2O3S. The fourth-order valence-corrected chi connectivity index (χ4v) is 4.04. The standard InChI is InChI=1S/C16H23ClN2O3S/c1-11-8-12(15(20)21)10-19(9-11)16(22)18-7-3-2-4-13-5-6-14(17)23-13/h5-6,11-12H,2-4,7-10H2,1H3,(H,18,22)(H,20,21). The van der Waals surface area contributed by atoms with Gasteiger partial charge in [0, 0.05) is 24.5 Å². The second kappa shape index (κ2) is 8.55. The molecule has 0 aromatic carbocycles. The molecule has 128 valence electrons. The SMILES string of the molecule is CC1CC(C(=O)O)CN(C(=O)NCCCCc2ccc(Cl)s2)C1. The molecule has 1 aliphatic rings. The Morgan fingerprint density at radius 3 is 2.83 bits per heavy atom. The Morgan fingerprint density at radius 1 is 1.39 bits per heavy atom. The smallest absolute Gasteiger partial charge is 0.317 e. The number of likely N-dealkylation sites (tertiary alicyclic amines) is 1. The lowest BCUT2D eigenvalue weighted by Crippen LogP contribution is -2.49. The average molecular weight is 359 g/mol. The van der Waals surface area contributed by atoms with Gasteiger partial charge in [0.1, 0.15) is 0 Å². The van der Waals surface area contributed by atoms with E-state index in [-0.39, 0.29) is 11.9 Å². The van der Waals surface area contributed by atoms with Gasteiger partial charge in [0.25, 0.3) is 0 Å². The number of nitrogens with zero attached hydrogens (tertiary/aromatic N) is 1. The maximum atomic E-state index is 12.2. The Hall–Kier alpha value is -1.27. The average Bonchev–Trinajstić information content (AvgIpc) is 2.91. The number of hydrogen-bond acceptors (Lipinski definition) is 3. The molecule has 2 N–H and O–H groups in total. The number of carbonyl (C=O) groups excluding carboxylic acids is 1. The van der Waals surface area contributed by atoms with Gasteiger partial charge in [-0.05, 0) is 43.7 Å². The minimum Gasteiger partial charge on any atom is -0.481 e. The number of halogens is 1. The van der Waals surface area contributed by atoms with E-state index < -0.39 is 11.9 Å². The van der Waals surface area contributed by atoms with Crippen molar-refractivity contribution in [3.63, 3.8) is 0 Å². The van der Waals surface area contributed by atoms with E-state index in [1.54, 1.807) is 16.2 Å². The number of hydrogen-bond donors (Lipinski definition) is 2. The van der Waals surface area contributed by atoms with Crippen LogP contribution in [0.25, 0.3) is 0 Å². The minimum atomic E-state index is -0.816. The van der Waals surface area contributed by atoms with Crippen LogP contribution in [0.15, 0.2) is 12.1 Å². The zero-order valence-corrected chi connectivity index (χ0v) is 14.8. The van der Waals surface area contributed by atoms with Crippen LogP contribution in [0, 0.1) is 11.8 Å². The van der Waals surface area contributed by atoms with Crippen LogP contribution in [-0.2, 0) is 11.2 Å². The third-order valence-corrected chi connectivity index (χ3v) is 5.34. The van der Waals surface area contributed by atoms with E-state index in [4.69, 9.17) is 16.7 Å². The van der Waals surface area contributed by atoms with Crippen LogP contribution >= 0.6 is 22.9 Å². The summed E-state index contributed by atoms with van der Waals surface area (Å²) in [6, 6.07) is 3.79. The summed E-state index contributed by atoms with van der Waals surface area (Å²) in [6.07, 6.45) is 3.50. The molecule has 2 unspecified atom stereocenters. The van der Waals surface area contributed by atoms with E-state index >= 15 is 0 Å². The highest BCUT2D eigenvalue weighted by Crippen LogP contribution is 2.23. The van der Waals surface area contributed by atoms with Gasteiger partial charge in [-0.15, -0.1) is 11.3 Å². The van der Waals surface area contributed by atoms with Gasteiger partial charge in [-0.25, -0.2) is 4.79 Å². The molecule has 7 heteroatoms. The third kappa shape index (κ3) is 5.70. The van der Waals surface area contributed by atoms with E-state index in [0.717, 1.165) is 23.6 Å². The van der Waals surface area contributed by atoms with Crippen LogP contribution in [0.3, 0.4) is 0 Å². The maximum absolute atomic E-state index is 12.2. The minimum absolute atomic E-state index is 0.151. The molecule has 2 atom stereocenters. The van der Waals surface area contributed by atoms with Crippen molar-refractivity contribution in [1.29, 1.82) is 0 Å². The maximum Gasteiger partial charge on any atom is 0.317 e. The van der Waals surface area contributed by atoms with Crippen LogP contribution in [0.4, 0.5) is 4.79 Å². The van der Waals surface area contributed by atoms with Crippen molar-refractivity contribution in [3.8, 4) is 0 Å². The fourth-order valence-electron chi connectivity index (χ4n) is 2.91. The molecule has 2 rings (SSSR count). The molecule has 0 bridgehead atoms. The van der Waals surface area contributed by atoms with E-state index in [0.29, 0.717) is 26.1 Å². The first-order valence-corrected chi connectivity index (χ1v) is 9.15. The number of thiophene rings is 1. The number of rotatable bonds is 6. The molecule has 1 aromatic rings. The highest BCUT2D eigenvalue weighted by molar-refractivity contribution is 7.16. The normalized spacial score (nSPS) is 21.2. The van der Waals surface area contributed by atoms with Crippen LogP contribution in [0.5, 0.6) is 0 Å². The molecule has 0 spiro atoms. The molecule has 23 heavy (non-hydrogen) atoms. The number of amides is 2. The zero-order valence-electron chi connectivity index (χ0n) is 13.3. The number of aryl methyl sites for hydroxylation is 1. The van der Waals surface area contributed by atoms with Crippen molar-refractivity contribution < 1.29 is 14.7 Å². The lowest BCUT2D eigenvalue weighted by atomic mass is 9.91. The van der Waals surface area contributed by atoms with Crippen molar-refractivity contribution >= 4 is 34.9 Å². The number of piperidine rings is 1. The summed E-state index contributed by atoms with van der Waals surface area (Å²) in [4.78, 5) is 26.2. The number of urea groups is 1. The molecule has 0 radical (unpaired) electrons. The molecule has 0 saturated carbocycles. The van der Waals surface area contributed by atoms with Gasteiger partial charge in [0.05, 0.1) is 10.3 Å². The molecule has 2 heterocycles. The first kappa shape index (κ1) is 18.1. The summed E-state index contributed by atoms with van der Waals surface area (Å²) >= 11 is 7.48. The van der Waals surface area contributed by atoms with E-state index in [2.05, 4.69) is 5.32 Å². The molecule has 2 amide bonds. The van der Waals surface area contributed by atoms with Gasteiger partial charge in [-0.2, -0.15) is 0 Å². The summed E-state index contributed by atoms with van der Waals surface area (Å²) < 4.78 is 0.806. The van der Waals surface area contributed by atoms with E-state index in [1.165, 1.54) is 4.88 Å². The highest BCUT2D eigenvalue weighted by Gasteiger charge is 2.31. The number of unbranched alkanes of at least 4 members (excludes halogenated alkanes) is 1. The van der Waals surface area contributed by atoms with Gasteiger partial charge >= 0.3 is 12.0 Å². The Morgan fingerprint density at radius 2 is 2.17 bits per heavy atom. The topological polar surface area (TPSA) is 69.6 Å². The molecule has 1 saturated heterocycles. The van der Waals surface area contributed by atoms with Gasteiger partial charge in [0.15, 0.2) is 0 Å². The zero-order chi connectivity index (χ0) is 16.8. The summed E-state index contributed by atoms with van der Waals surface area (Å²) in [5.41, 5.74) is 0. The van der Waals surface area contributed by atoms with Crippen LogP contribution < -0.4 is 5.32 Å². The number of aliphatic carboxylic acids is 1. The fraction of sp³-hybridized carbons (Fsp3) is 0.625. The predicted molar refractivity (Wildman–Crippen MR) is 92.1 cm³/mol. The first-order valence-electron chi connectivity index (χ1n) is 7.95. The van der Waals surface area contributed by atoms with E-state index in [9.17, 15) is 9.59 Å². The van der Waals surface area contributed by atoms with Crippen molar-refractivity contribution in [1.82, 2.24) is 10.2 Å². The van der Waals surface area contributed by atoms with Gasteiger partial charge < -0.3 is 15.3 Å². The van der Waals surface area contributed by atoms with Gasteiger partial charge in [0.2, 0.25) is 0 Å². The van der Waals surface area contributed by atoms with Crippen molar-refractivity contribution in [2.24, 2.45) is 11.8 Å². The third-order valence-electron chi connectivity index (χ3n) is 4.05. The number of carboxylic acids is 1. The molecule has 1 fully saturated rings. The summed E-state index contributed by atoms with van der Waals surface area (Å²) in [5.74, 6) is -1.05. The van der Waals surface area contributed by atoms with Gasteiger partial charge in [-0.3, -0.25) is 4.79 Å². The molecule has 1 aromatic heterocycles. The second-order valence-corrected chi connectivity index (χ2v) is 7.98. The Bertz CT molecular complexity index is 549. The van der Waals surface area contributed by atoms with Crippen molar-refractivity contribution in [2.45, 2.75) is 32.6 Å².